The highest BCUT2D eigenvalue weighted by atomic mass is 32.1. The van der Waals surface area contributed by atoms with Gasteiger partial charge in [-0.15, -0.1) is 0 Å². The smallest absolute Gasteiger partial charge is 0.326 e. The molecule has 1 aromatic rings. The predicted molar refractivity (Wildman–Crippen MR) is 85.0 cm³/mol. The van der Waals surface area contributed by atoms with Gasteiger partial charge in [0.2, 0.25) is 5.91 Å². The summed E-state index contributed by atoms with van der Waals surface area (Å²) in [5.74, 6) is -0.937. The van der Waals surface area contributed by atoms with Gasteiger partial charge in [-0.3, -0.25) is 4.79 Å². The van der Waals surface area contributed by atoms with E-state index in [-0.39, 0.29) is 5.91 Å². The zero-order valence-corrected chi connectivity index (χ0v) is 13.4. The summed E-state index contributed by atoms with van der Waals surface area (Å²) in [4.78, 5) is 28.1. The maximum absolute atomic E-state index is 12.5. The highest BCUT2D eigenvalue weighted by molar-refractivity contribution is 7.08. The first-order chi connectivity index (χ1) is 10.6. The predicted octanol–water partition coefficient (Wildman–Crippen LogP) is 1.83. The highest BCUT2D eigenvalue weighted by Gasteiger charge is 2.38. The van der Waals surface area contributed by atoms with Crippen LogP contribution in [0, 0.1) is 0 Å². The van der Waals surface area contributed by atoms with Crippen LogP contribution >= 0.6 is 11.3 Å². The van der Waals surface area contributed by atoms with Crippen LogP contribution in [-0.2, 0) is 16.0 Å². The molecule has 2 aliphatic heterocycles. The molecule has 22 heavy (non-hydrogen) atoms. The summed E-state index contributed by atoms with van der Waals surface area (Å²) in [6, 6.07) is 1.56. The fraction of sp³-hybridized carbons (Fsp3) is 0.625. The van der Waals surface area contributed by atoms with Gasteiger partial charge in [-0.2, -0.15) is 11.3 Å². The van der Waals surface area contributed by atoms with Crippen LogP contribution in [0.4, 0.5) is 0 Å². The van der Waals surface area contributed by atoms with E-state index in [9.17, 15) is 14.7 Å². The molecule has 0 radical (unpaired) electrons. The fourth-order valence-electron chi connectivity index (χ4n) is 3.59. The molecule has 0 spiro atoms. The van der Waals surface area contributed by atoms with Crippen molar-refractivity contribution in [1.82, 2.24) is 9.80 Å². The number of thiophene rings is 1. The SMILES string of the molecule is O=C(O)[C@@H]1C[C@@H](N2CCCC2)CCN1C(=O)Cc1ccsc1. The van der Waals surface area contributed by atoms with Crippen molar-refractivity contribution in [2.45, 2.75) is 44.2 Å². The quantitative estimate of drug-likeness (QED) is 0.919. The number of hydrogen-bond acceptors (Lipinski definition) is 4. The van der Waals surface area contributed by atoms with E-state index in [1.807, 2.05) is 16.8 Å². The average Bonchev–Trinajstić information content (AvgIpc) is 3.19. The van der Waals surface area contributed by atoms with Crippen molar-refractivity contribution in [3.05, 3.63) is 22.4 Å². The second kappa shape index (κ2) is 6.79. The summed E-state index contributed by atoms with van der Waals surface area (Å²) in [6.07, 6.45) is 4.16. The zero-order chi connectivity index (χ0) is 15.5. The van der Waals surface area contributed by atoms with Gasteiger partial charge in [0.25, 0.3) is 0 Å². The molecule has 0 saturated carbocycles. The van der Waals surface area contributed by atoms with Crippen LogP contribution < -0.4 is 0 Å². The minimum Gasteiger partial charge on any atom is -0.480 e. The Labute approximate surface area is 134 Å². The Morgan fingerprint density at radius 2 is 2.05 bits per heavy atom. The van der Waals surface area contributed by atoms with Crippen molar-refractivity contribution in [1.29, 1.82) is 0 Å². The summed E-state index contributed by atoms with van der Waals surface area (Å²) in [5, 5.41) is 13.4. The molecule has 0 aromatic carbocycles. The molecule has 2 aliphatic rings. The topological polar surface area (TPSA) is 60.9 Å². The third-order valence-corrected chi connectivity index (χ3v) is 5.50. The molecule has 2 saturated heterocycles. The third-order valence-electron chi connectivity index (χ3n) is 4.77. The minimum absolute atomic E-state index is 0.0642. The van der Waals surface area contributed by atoms with Gasteiger partial charge in [0, 0.05) is 12.6 Å². The van der Waals surface area contributed by atoms with Gasteiger partial charge in [-0.05, 0) is 61.2 Å². The van der Waals surface area contributed by atoms with Crippen molar-refractivity contribution in [3.63, 3.8) is 0 Å². The van der Waals surface area contributed by atoms with Crippen LogP contribution in [0.25, 0.3) is 0 Å². The van der Waals surface area contributed by atoms with E-state index < -0.39 is 12.0 Å². The highest BCUT2D eigenvalue weighted by Crippen LogP contribution is 2.26. The number of rotatable bonds is 4. The van der Waals surface area contributed by atoms with Crippen molar-refractivity contribution < 1.29 is 14.7 Å². The van der Waals surface area contributed by atoms with Gasteiger partial charge in [-0.25, -0.2) is 4.79 Å². The standard InChI is InChI=1S/C16H22N2O3S/c19-15(9-12-4-8-22-11-12)18-7-3-13(10-14(18)16(20)21)17-5-1-2-6-17/h4,8,11,13-14H,1-3,5-7,9-10H2,(H,20,21)/t13-,14-/m0/s1. The van der Waals surface area contributed by atoms with E-state index in [0.29, 0.717) is 25.4 Å². The number of aliphatic carboxylic acids is 1. The molecule has 0 bridgehead atoms. The van der Waals surface area contributed by atoms with Crippen molar-refractivity contribution in [3.8, 4) is 0 Å². The molecule has 120 valence electrons. The van der Waals surface area contributed by atoms with E-state index in [1.54, 1.807) is 16.2 Å². The summed E-state index contributed by atoms with van der Waals surface area (Å²) >= 11 is 1.56. The third kappa shape index (κ3) is 3.33. The van der Waals surface area contributed by atoms with Crippen molar-refractivity contribution >= 4 is 23.2 Å². The molecular weight excluding hydrogens is 300 g/mol. The first kappa shape index (κ1) is 15.5. The van der Waals surface area contributed by atoms with Crippen LogP contribution in [-0.4, -0.2) is 58.5 Å². The molecule has 6 heteroatoms. The number of carboxylic acid groups (broad SMARTS) is 1. The van der Waals surface area contributed by atoms with E-state index in [4.69, 9.17) is 0 Å². The Bertz CT molecular complexity index is 526. The number of nitrogens with zero attached hydrogens (tertiary/aromatic N) is 2. The summed E-state index contributed by atoms with van der Waals surface area (Å²) in [7, 11) is 0. The van der Waals surface area contributed by atoms with Gasteiger partial charge >= 0.3 is 5.97 Å². The molecule has 1 aromatic heterocycles. The van der Waals surface area contributed by atoms with Crippen LogP contribution in [0.3, 0.4) is 0 Å². The van der Waals surface area contributed by atoms with Crippen molar-refractivity contribution in [2.24, 2.45) is 0 Å². The first-order valence-corrected chi connectivity index (χ1v) is 8.87. The molecule has 5 nitrogen and oxygen atoms in total. The van der Waals surface area contributed by atoms with Crippen LogP contribution in [0.2, 0.25) is 0 Å². The Morgan fingerprint density at radius 3 is 2.68 bits per heavy atom. The Balaban J connectivity index is 1.66. The van der Waals surface area contributed by atoms with Gasteiger partial charge < -0.3 is 14.9 Å². The lowest BCUT2D eigenvalue weighted by atomic mass is 9.95. The molecule has 0 unspecified atom stereocenters. The van der Waals surface area contributed by atoms with Crippen LogP contribution in [0.5, 0.6) is 0 Å². The molecule has 2 fully saturated rings. The van der Waals surface area contributed by atoms with Crippen molar-refractivity contribution in [2.75, 3.05) is 19.6 Å². The monoisotopic (exact) mass is 322 g/mol. The summed E-state index contributed by atoms with van der Waals surface area (Å²) in [5.41, 5.74) is 0.973. The molecular formula is C16H22N2O3S. The van der Waals surface area contributed by atoms with Gasteiger partial charge in [0.05, 0.1) is 6.42 Å². The Morgan fingerprint density at radius 1 is 1.27 bits per heavy atom. The van der Waals surface area contributed by atoms with Crippen LogP contribution in [0.15, 0.2) is 16.8 Å². The maximum atomic E-state index is 12.5. The number of piperidine rings is 1. The number of hydrogen-bond donors (Lipinski definition) is 1. The van der Waals surface area contributed by atoms with E-state index in [0.717, 1.165) is 25.1 Å². The normalized spacial score (nSPS) is 26.3. The Kier molecular flexibility index (Phi) is 4.78. The maximum Gasteiger partial charge on any atom is 0.326 e. The lowest BCUT2D eigenvalue weighted by Gasteiger charge is -2.40. The number of likely N-dealkylation sites (tertiary alicyclic amines) is 2. The summed E-state index contributed by atoms with van der Waals surface area (Å²) < 4.78 is 0. The largest absolute Gasteiger partial charge is 0.480 e. The number of carbonyl (C=O) groups is 2. The van der Waals surface area contributed by atoms with Crippen LogP contribution in [0.1, 0.15) is 31.2 Å². The van der Waals surface area contributed by atoms with E-state index in [1.165, 1.54) is 12.8 Å². The van der Waals surface area contributed by atoms with Gasteiger partial charge in [0.1, 0.15) is 6.04 Å². The average molecular weight is 322 g/mol. The number of amides is 1. The lowest BCUT2D eigenvalue weighted by molar-refractivity contribution is -0.153. The molecule has 3 rings (SSSR count). The molecule has 0 aliphatic carbocycles. The van der Waals surface area contributed by atoms with E-state index in [2.05, 4.69) is 4.90 Å². The molecule has 3 heterocycles. The van der Waals surface area contributed by atoms with Gasteiger partial charge in [-0.1, -0.05) is 0 Å². The zero-order valence-electron chi connectivity index (χ0n) is 12.6. The molecule has 2 atom stereocenters. The number of carboxylic acids is 1. The first-order valence-electron chi connectivity index (χ1n) is 7.92. The second-order valence-electron chi connectivity index (χ2n) is 6.17. The number of carbonyl (C=O) groups excluding carboxylic acids is 1. The van der Waals surface area contributed by atoms with E-state index >= 15 is 0 Å². The van der Waals surface area contributed by atoms with Gasteiger partial charge in [0.15, 0.2) is 0 Å². The Hall–Kier alpha value is -1.40. The molecule has 1 amide bonds. The summed E-state index contributed by atoms with van der Waals surface area (Å²) in [6.45, 7) is 2.70. The minimum atomic E-state index is -0.873. The second-order valence-corrected chi connectivity index (χ2v) is 6.95. The fourth-order valence-corrected chi connectivity index (χ4v) is 4.26. The molecule has 1 N–H and O–H groups in total. The lowest BCUT2D eigenvalue weighted by Crippen LogP contribution is -2.54.